The van der Waals surface area contributed by atoms with E-state index in [0.29, 0.717) is 12.2 Å². The van der Waals surface area contributed by atoms with Crippen LogP contribution in [0.2, 0.25) is 0 Å². The van der Waals surface area contributed by atoms with Crippen LogP contribution in [0, 0.1) is 12.3 Å². The molecular weight excluding hydrogens is 350 g/mol. The summed E-state index contributed by atoms with van der Waals surface area (Å²) in [6.07, 6.45) is 3.48. The summed E-state index contributed by atoms with van der Waals surface area (Å²) in [5.74, 6) is 0.0657. The van der Waals surface area contributed by atoms with E-state index in [0.717, 1.165) is 24.0 Å². The highest BCUT2D eigenvalue weighted by Gasteiger charge is 2.44. The van der Waals surface area contributed by atoms with Crippen LogP contribution in [0.4, 0.5) is 0 Å². The highest BCUT2D eigenvalue weighted by atomic mass is 32.2. The van der Waals surface area contributed by atoms with Gasteiger partial charge < -0.3 is 5.32 Å². The molecule has 0 saturated heterocycles. The number of aromatic nitrogens is 1. The summed E-state index contributed by atoms with van der Waals surface area (Å²) in [5.41, 5.74) is 2.28. The predicted octanol–water partition coefficient (Wildman–Crippen LogP) is 2.28. The topological polar surface area (TPSA) is 88.2 Å². The van der Waals surface area contributed by atoms with E-state index in [-0.39, 0.29) is 22.8 Å². The number of nitrogens with zero attached hydrogens (tertiary/aromatic N) is 1. The maximum absolute atomic E-state index is 12.3. The third-order valence-corrected chi connectivity index (χ3v) is 6.07. The van der Waals surface area contributed by atoms with Gasteiger partial charge in [0.1, 0.15) is 0 Å². The van der Waals surface area contributed by atoms with E-state index in [4.69, 9.17) is 0 Å². The molecular formula is C19H23N3O3S. The Morgan fingerprint density at radius 2 is 1.85 bits per heavy atom. The number of sulfonamides is 1. The van der Waals surface area contributed by atoms with Crippen molar-refractivity contribution >= 4 is 15.9 Å². The van der Waals surface area contributed by atoms with E-state index in [2.05, 4.69) is 15.0 Å². The number of rotatable bonds is 7. The predicted molar refractivity (Wildman–Crippen MR) is 98.6 cm³/mol. The van der Waals surface area contributed by atoms with Crippen LogP contribution in [0.15, 0.2) is 47.5 Å². The molecule has 26 heavy (non-hydrogen) atoms. The number of amides is 1. The normalized spacial score (nSPS) is 15.5. The molecule has 0 radical (unpaired) electrons. The second-order valence-electron chi connectivity index (χ2n) is 7.04. The monoisotopic (exact) mass is 373 g/mol. The molecule has 3 rings (SSSR count). The van der Waals surface area contributed by atoms with Crippen molar-refractivity contribution in [2.45, 2.75) is 44.7 Å². The van der Waals surface area contributed by atoms with Crippen LogP contribution in [0.3, 0.4) is 0 Å². The molecule has 6 nitrogen and oxygen atoms in total. The molecule has 2 N–H and O–H groups in total. The summed E-state index contributed by atoms with van der Waals surface area (Å²) < 4.78 is 27.2. The van der Waals surface area contributed by atoms with Gasteiger partial charge in [0.25, 0.3) is 0 Å². The molecule has 1 saturated carbocycles. The van der Waals surface area contributed by atoms with E-state index < -0.39 is 10.0 Å². The quantitative estimate of drug-likeness (QED) is 0.779. The van der Waals surface area contributed by atoms with E-state index in [1.807, 2.05) is 19.9 Å². The Morgan fingerprint density at radius 3 is 2.50 bits per heavy atom. The minimum absolute atomic E-state index is 0.0657. The molecule has 1 amide bonds. The van der Waals surface area contributed by atoms with Gasteiger partial charge in [-0.3, -0.25) is 9.78 Å². The van der Waals surface area contributed by atoms with Crippen LogP contribution in [0.5, 0.6) is 0 Å². The molecule has 1 aliphatic rings. The highest BCUT2D eigenvalue weighted by Crippen LogP contribution is 2.45. The lowest BCUT2D eigenvalue weighted by Gasteiger charge is -2.11. The average Bonchev–Trinajstić information content (AvgIpc) is 3.38. The first-order valence-corrected chi connectivity index (χ1v) is 10.1. The first kappa shape index (κ1) is 18.5. The molecule has 0 atom stereocenters. The lowest BCUT2D eigenvalue weighted by molar-refractivity contribution is -0.125. The molecule has 7 heteroatoms. The number of carbonyl (C=O) groups excluding carboxylic acids is 1. The second kappa shape index (κ2) is 7.17. The average molecular weight is 373 g/mol. The van der Waals surface area contributed by atoms with Crippen molar-refractivity contribution in [3.05, 3.63) is 59.4 Å². The third kappa shape index (κ3) is 4.47. The van der Waals surface area contributed by atoms with Crippen LogP contribution < -0.4 is 10.0 Å². The first-order valence-electron chi connectivity index (χ1n) is 8.57. The molecule has 1 aromatic heterocycles. The van der Waals surface area contributed by atoms with Gasteiger partial charge in [-0.15, -0.1) is 0 Å². The number of pyridine rings is 1. The summed E-state index contributed by atoms with van der Waals surface area (Å²) in [4.78, 5) is 16.4. The maximum atomic E-state index is 12.3. The Balaban J connectivity index is 1.59. The summed E-state index contributed by atoms with van der Waals surface area (Å²) >= 11 is 0. The van der Waals surface area contributed by atoms with Gasteiger partial charge in [0, 0.05) is 18.2 Å². The van der Waals surface area contributed by atoms with Gasteiger partial charge in [-0.1, -0.05) is 24.6 Å². The van der Waals surface area contributed by atoms with Crippen molar-refractivity contribution in [3.63, 3.8) is 0 Å². The van der Waals surface area contributed by atoms with Crippen LogP contribution in [-0.4, -0.2) is 19.3 Å². The van der Waals surface area contributed by atoms with Gasteiger partial charge >= 0.3 is 0 Å². The number of nitrogens with one attached hydrogen (secondary N) is 2. The van der Waals surface area contributed by atoms with Crippen LogP contribution in [0.1, 0.15) is 36.6 Å². The van der Waals surface area contributed by atoms with Crippen molar-refractivity contribution in [3.8, 4) is 0 Å². The minimum atomic E-state index is -3.58. The van der Waals surface area contributed by atoms with Gasteiger partial charge in [-0.2, -0.15) is 0 Å². The zero-order chi connectivity index (χ0) is 18.8. The van der Waals surface area contributed by atoms with Gasteiger partial charge in [-0.05, 0) is 49.6 Å². The maximum Gasteiger partial charge on any atom is 0.240 e. The molecule has 1 heterocycles. The SMILES string of the molecule is Cc1ccc(S(=O)(=O)NCc2cc(CNC(=O)C3(C)CC3)ccn2)cc1. The molecule has 1 aromatic carbocycles. The van der Waals surface area contributed by atoms with Crippen molar-refractivity contribution in [1.82, 2.24) is 15.0 Å². The Labute approximate surface area is 154 Å². The van der Waals surface area contributed by atoms with Gasteiger partial charge in [0.15, 0.2) is 0 Å². The Hall–Kier alpha value is -2.25. The standard InChI is InChI=1S/C19H23N3O3S/c1-14-3-5-17(6-4-14)26(24,25)22-13-16-11-15(7-10-20-16)12-21-18(23)19(2)8-9-19/h3-7,10-11,22H,8-9,12-13H2,1-2H3,(H,21,23). The van der Waals surface area contributed by atoms with Crippen molar-refractivity contribution in [2.75, 3.05) is 0 Å². The first-order chi connectivity index (χ1) is 12.3. The molecule has 0 bridgehead atoms. The lowest BCUT2D eigenvalue weighted by atomic mass is 10.1. The summed E-state index contributed by atoms with van der Waals surface area (Å²) in [5, 5.41) is 2.93. The molecule has 2 aromatic rings. The summed E-state index contributed by atoms with van der Waals surface area (Å²) in [7, 11) is -3.58. The molecule has 1 fully saturated rings. The summed E-state index contributed by atoms with van der Waals surface area (Å²) in [6, 6.07) is 10.3. The fraction of sp³-hybridized carbons (Fsp3) is 0.368. The number of hydrogen-bond donors (Lipinski definition) is 2. The van der Waals surface area contributed by atoms with Crippen LogP contribution in [-0.2, 0) is 27.9 Å². The number of benzene rings is 1. The van der Waals surface area contributed by atoms with Crippen LogP contribution in [0.25, 0.3) is 0 Å². The minimum Gasteiger partial charge on any atom is -0.352 e. The smallest absolute Gasteiger partial charge is 0.240 e. The zero-order valence-electron chi connectivity index (χ0n) is 15.0. The molecule has 0 spiro atoms. The molecule has 0 aliphatic heterocycles. The summed E-state index contributed by atoms with van der Waals surface area (Å²) in [6.45, 7) is 4.37. The van der Waals surface area contributed by atoms with Crippen molar-refractivity contribution in [2.24, 2.45) is 5.41 Å². The van der Waals surface area contributed by atoms with Crippen molar-refractivity contribution in [1.29, 1.82) is 0 Å². The number of aryl methyl sites for hydroxylation is 1. The Morgan fingerprint density at radius 1 is 1.15 bits per heavy atom. The van der Waals surface area contributed by atoms with Gasteiger partial charge in [0.2, 0.25) is 15.9 Å². The second-order valence-corrected chi connectivity index (χ2v) is 8.80. The van der Waals surface area contributed by atoms with E-state index in [1.165, 1.54) is 0 Å². The van der Waals surface area contributed by atoms with E-state index >= 15 is 0 Å². The number of carbonyl (C=O) groups is 1. The third-order valence-electron chi connectivity index (χ3n) is 4.66. The fourth-order valence-electron chi connectivity index (χ4n) is 2.51. The Bertz CT molecular complexity index is 904. The van der Waals surface area contributed by atoms with E-state index in [1.54, 1.807) is 36.5 Å². The fourth-order valence-corrected chi connectivity index (χ4v) is 3.51. The molecule has 138 valence electrons. The largest absolute Gasteiger partial charge is 0.352 e. The zero-order valence-corrected chi connectivity index (χ0v) is 15.8. The Kier molecular flexibility index (Phi) is 5.11. The lowest BCUT2D eigenvalue weighted by Crippen LogP contribution is -2.29. The highest BCUT2D eigenvalue weighted by molar-refractivity contribution is 7.89. The molecule has 0 unspecified atom stereocenters. The van der Waals surface area contributed by atoms with Crippen LogP contribution >= 0.6 is 0 Å². The van der Waals surface area contributed by atoms with Crippen molar-refractivity contribution < 1.29 is 13.2 Å². The molecule has 1 aliphatic carbocycles. The van der Waals surface area contributed by atoms with Gasteiger partial charge in [0.05, 0.1) is 17.1 Å². The number of hydrogen-bond acceptors (Lipinski definition) is 4. The van der Waals surface area contributed by atoms with E-state index in [9.17, 15) is 13.2 Å². The van der Waals surface area contributed by atoms with Gasteiger partial charge in [-0.25, -0.2) is 13.1 Å².